The van der Waals surface area contributed by atoms with E-state index in [1.165, 1.54) is 0 Å². The third kappa shape index (κ3) is 3.87. The largest absolute Gasteiger partial charge is 0.335 e. The number of benzene rings is 1. The lowest BCUT2D eigenvalue weighted by molar-refractivity contribution is -0.134. The highest BCUT2D eigenvalue weighted by Gasteiger charge is 2.20. The van der Waals surface area contributed by atoms with Crippen molar-refractivity contribution < 1.29 is 4.79 Å². The highest BCUT2D eigenvalue weighted by molar-refractivity contribution is 6.42. The monoisotopic (exact) mass is 288 g/mol. The number of nitrogens with two attached hydrogens (primary N) is 1. The summed E-state index contributed by atoms with van der Waals surface area (Å²) in [5, 5.41) is 1.00. The van der Waals surface area contributed by atoms with Crippen molar-refractivity contribution >= 4 is 29.1 Å². The van der Waals surface area contributed by atoms with Crippen molar-refractivity contribution in [1.29, 1.82) is 0 Å². The molecule has 0 unspecified atom stereocenters. The van der Waals surface area contributed by atoms with Gasteiger partial charge < -0.3 is 10.6 Å². The second kappa shape index (κ2) is 6.41. The Hall–Kier alpha value is -0.770. The van der Waals surface area contributed by atoms with Crippen molar-refractivity contribution in [2.75, 3.05) is 0 Å². The second-order valence-electron chi connectivity index (χ2n) is 4.60. The van der Waals surface area contributed by atoms with Gasteiger partial charge in [-0.25, -0.2) is 0 Å². The van der Waals surface area contributed by atoms with Crippen LogP contribution in [0.1, 0.15) is 26.3 Å². The van der Waals surface area contributed by atoms with E-state index in [1.54, 1.807) is 24.0 Å². The van der Waals surface area contributed by atoms with E-state index in [0.29, 0.717) is 16.6 Å². The van der Waals surface area contributed by atoms with E-state index in [-0.39, 0.29) is 11.9 Å². The molecule has 0 heterocycles. The van der Waals surface area contributed by atoms with Crippen molar-refractivity contribution in [3.63, 3.8) is 0 Å². The van der Waals surface area contributed by atoms with Crippen LogP contribution in [0.15, 0.2) is 18.2 Å². The fourth-order valence-electron chi connectivity index (χ4n) is 1.61. The fourth-order valence-corrected chi connectivity index (χ4v) is 1.93. The van der Waals surface area contributed by atoms with Gasteiger partial charge in [0.2, 0.25) is 5.91 Å². The van der Waals surface area contributed by atoms with Gasteiger partial charge in [-0.05, 0) is 38.5 Å². The van der Waals surface area contributed by atoms with E-state index in [4.69, 9.17) is 28.9 Å². The van der Waals surface area contributed by atoms with E-state index in [9.17, 15) is 4.79 Å². The Morgan fingerprint density at radius 3 is 2.33 bits per heavy atom. The predicted molar refractivity (Wildman–Crippen MR) is 75.8 cm³/mol. The van der Waals surface area contributed by atoms with Crippen molar-refractivity contribution in [1.82, 2.24) is 4.90 Å². The van der Waals surface area contributed by atoms with Crippen LogP contribution in [0.5, 0.6) is 0 Å². The molecule has 0 radical (unpaired) electrons. The molecule has 0 aromatic heterocycles. The number of carbonyl (C=O) groups is 1. The average molecular weight is 289 g/mol. The van der Waals surface area contributed by atoms with Gasteiger partial charge in [0.15, 0.2) is 0 Å². The summed E-state index contributed by atoms with van der Waals surface area (Å²) in [4.78, 5) is 13.7. The molecule has 3 nitrogen and oxygen atoms in total. The summed E-state index contributed by atoms with van der Waals surface area (Å²) in [5.74, 6) is -0.0731. The Labute approximate surface area is 118 Å². The Morgan fingerprint density at radius 2 is 1.89 bits per heavy atom. The Morgan fingerprint density at radius 1 is 1.28 bits per heavy atom. The first-order valence-electron chi connectivity index (χ1n) is 5.83. The Balaban J connectivity index is 2.90. The van der Waals surface area contributed by atoms with E-state index in [0.717, 1.165) is 5.56 Å². The molecule has 0 aliphatic rings. The molecule has 1 atom stereocenters. The molecule has 1 aromatic rings. The van der Waals surface area contributed by atoms with Gasteiger partial charge in [0.05, 0.1) is 16.1 Å². The maximum absolute atomic E-state index is 12.0. The van der Waals surface area contributed by atoms with Crippen molar-refractivity contribution in [2.45, 2.75) is 39.4 Å². The maximum atomic E-state index is 12.0. The van der Waals surface area contributed by atoms with Crippen LogP contribution in [0.2, 0.25) is 10.0 Å². The smallest absolute Gasteiger partial charge is 0.239 e. The molecular formula is C13H18Cl2N2O. The third-order valence-electron chi connectivity index (χ3n) is 2.63. The van der Waals surface area contributed by atoms with Crippen LogP contribution in [0.25, 0.3) is 0 Å². The van der Waals surface area contributed by atoms with Crippen LogP contribution >= 0.6 is 23.2 Å². The molecule has 1 rings (SSSR count). The SMILES string of the molecule is CC(C)N(Cc1ccc(Cl)c(Cl)c1)C(=O)[C@H](C)N. The summed E-state index contributed by atoms with van der Waals surface area (Å²) in [6.45, 7) is 6.08. The van der Waals surface area contributed by atoms with Crippen molar-refractivity contribution in [2.24, 2.45) is 5.73 Å². The zero-order chi connectivity index (χ0) is 13.9. The average Bonchev–Trinajstić information content (AvgIpc) is 2.29. The first kappa shape index (κ1) is 15.3. The summed E-state index contributed by atoms with van der Waals surface area (Å²) in [6, 6.07) is 4.94. The fraction of sp³-hybridized carbons (Fsp3) is 0.462. The molecule has 1 aromatic carbocycles. The molecule has 5 heteroatoms. The van der Waals surface area contributed by atoms with Gasteiger partial charge in [0.1, 0.15) is 0 Å². The molecule has 2 N–H and O–H groups in total. The quantitative estimate of drug-likeness (QED) is 0.926. The van der Waals surface area contributed by atoms with Gasteiger partial charge in [-0.15, -0.1) is 0 Å². The molecule has 0 saturated heterocycles. The number of carbonyl (C=O) groups excluding carboxylic acids is 1. The standard InChI is InChI=1S/C13H18Cl2N2O/c1-8(2)17(13(18)9(3)16)7-10-4-5-11(14)12(15)6-10/h4-6,8-9H,7,16H2,1-3H3/t9-/m0/s1. The summed E-state index contributed by atoms with van der Waals surface area (Å²) in [6.07, 6.45) is 0. The van der Waals surface area contributed by atoms with Crippen LogP contribution in [0, 0.1) is 0 Å². The topological polar surface area (TPSA) is 46.3 Å². The number of amides is 1. The first-order chi connectivity index (χ1) is 8.32. The van der Waals surface area contributed by atoms with E-state index in [1.807, 2.05) is 19.9 Å². The van der Waals surface area contributed by atoms with Crippen LogP contribution in [-0.2, 0) is 11.3 Å². The minimum Gasteiger partial charge on any atom is -0.335 e. The molecule has 0 fully saturated rings. The van der Waals surface area contributed by atoms with Gasteiger partial charge in [-0.1, -0.05) is 29.3 Å². The first-order valence-corrected chi connectivity index (χ1v) is 6.58. The summed E-state index contributed by atoms with van der Waals surface area (Å²) < 4.78 is 0. The van der Waals surface area contributed by atoms with E-state index < -0.39 is 6.04 Å². The molecule has 0 spiro atoms. The summed E-state index contributed by atoms with van der Waals surface area (Å²) in [7, 11) is 0. The zero-order valence-electron chi connectivity index (χ0n) is 10.8. The predicted octanol–water partition coefficient (Wildman–Crippen LogP) is 3.08. The number of nitrogens with zero attached hydrogens (tertiary/aromatic N) is 1. The van der Waals surface area contributed by atoms with Crippen LogP contribution in [0.4, 0.5) is 0 Å². The normalized spacial score (nSPS) is 12.6. The van der Waals surface area contributed by atoms with Crippen molar-refractivity contribution in [3.8, 4) is 0 Å². The van der Waals surface area contributed by atoms with Crippen LogP contribution < -0.4 is 5.73 Å². The molecule has 1 amide bonds. The number of hydrogen-bond acceptors (Lipinski definition) is 2. The third-order valence-corrected chi connectivity index (χ3v) is 3.37. The van der Waals surface area contributed by atoms with Gasteiger partial charge in [-0.2, -0.15) is 0 Å². The van der Waals surface area contributed by atoms with Gasteiger partial charge in [-0.3, -0.25) is 4.79 Å². The summed E-state index contributed by atoms with van der Waals surface area (Å²) >= 11 is 11.8. The lowest BCUT2D eigenvalue weighted by Crippen LogP contribution is -2.45. The molecule has 0 bridgehead atoms. The second-order valence-corrected chi connectivity index (χ2v) is 5.41. The van der Waals surface area contributed by atoms with Crippen LogP contribution in [0.3, 0.4) is 0 Å². The minimum absolute atomic E-state index is 0.0731. The lowest BCUT2D eigenvalue weighted by Gasteiger charge is -2.28. The number of rotatable bonds is 4. The van der Waals surface area contributed by atoms with Crippen molar-refractivity contribution in [3.05, 3.63) is 33.8 Å². The molecule has 18 heavy (non-hydrogen) atoms. The minimum atomic E-state index is -0.504. The number of hydrogen-bond donors (Lipinski definition) is 1. The van der Waals surface area contributed by atoms with Crippen LogP contribution in [-0.4, -0.2) is 22.9 Å². The maximum Gasteiger partial charge on any atom is 0.239 e. The van der Waals surface area contributed by atoms with Gasteiger partial charge >= 0.3 is 0 Å². The molecular weight excluding hydrogens is 271 g/mol. The van der Waals surface area contributed by atoms with E-state index in [2.05, 4.69) is 0 Å². The summed E-state index contributed by atoms with van der Waals surface area (Å²) in [5.41, 5.74) is 6.58. The zero-order valence-corrected chi connectivity index (χ0v) is 12.3. The van der Waals surface area contributed by atoms with E-state index >= 15 is 0 Å². The molecule has 100 valence electrons. The van der Waals surface area contributed by atoms with Gasteiger partial charge in [0, 0.05) is 12.6 Å². The molecule has 0 saturated carbocycles. The molecule has 0 aliphatic heterocycles. The lowest BCUT2D eigenvalue weighted by atomic mass is 10.1. The van der Waals surface area contributed by atoms with Gasteiger partial charge in [0.25, 0.3) is 0 Å². The molecule has 0 aliphatic carbocycles. The Kier molecular flexibility index (Phi) is 5.45. The number of halogens is 2. The Bertz CT molecular complexity index is 433. The highest BCUT2D eigenvalue weighted by atomic mass is 35.5. The highest BCUT2D eigenvalue weighted by Crippen LogP contribution is 2.23.